The second-order valence-corrected chi connectivity index (χ2v) is 5.56. The highest BCUT2D eigenvalue weighted by Crippen LogP contribution is 2.38. The molecule has 0 aliphatic carbocycles. The molecule has 20 heavy (non-hydrogen) atoms. The molecule has 1 aromatic heterocycles. The number of aromatic nitrogens is 1. The van der Waals surface area contributed by atoms with Gasteiger partial charge in [0.25, 0.3) is 0 Å². The van der Waals surface area contributed by atoms with Crippen LogP contribution in [0.5, 0.6) is 0 Å². The van der Waals surface area contributed by atoms with Crippen LogP contribution in [0.4, 0.5) is 19.0 Å². The number of rotatable bonds is 2. The minimum absolute atomic E-state index is 0.0487. The van der Waals surface area contributed by atoms with Crippen molar-refractivity contribution in [3.63, 3.8) is 0 Å². The number of anilines is 1. The Bertz CT molecular complexity index is 522. The number of alkyl halides is 3. The third-order valence-electron chi connectivity index (χ3n) is 3.21. The van der Waals surface area contributed by atoms with E-state index < -0.39 is 23.6 Å². The maximum Gasteiger partial charge on any atom is 0.419 e. The van der Waals surface area contributed by atoms with E-state index in [4.69, 9.17) is 5.11 Å². The number of hydrogen-bond donors (Lipinski definition) is 1. The molecule has 0 bridgehead atoms. The van der Waals surface area contributed by atoms with Gasteiger partial charge in [0, 0.05) is 23.8 Å². The van der Waals surface area contributed by atoms with Crippen LogP contribution in [-0.4, -0.2) is 29.1 Å². The van der Waals surface area contributed by atoms with Gasteiger partial charge in [-0.05, 0) is 34.8 Å². The molecule has 8 heteroatoms. The molecular formula is C12H12BrF3N2O2. The molecule has 1 N–H and O–H groups in total. The summed E-state index contributed by atoms with van der Waals surface area (Å²) in [5.41, 5.74) is -0.849. The van der Waals surface area contributed by atoms with E-state index in [2.05, 4.69) is 20.9 Å². The zero-order chi connectivity index (χ0) is 14.9. The molecule has 2 rings (SSSR count). The Kier molecular flexibility index (Phi) is 4.22. The molecule has 1 fully saturated rings. The van der Waals surface area contributed by atoms with Gasteiger partial charge in [0.1, 0.15) is 5.82 Å². The topological polar surface area (TPSA) is 53.4 Å². The molecular weight excluding hydrogens is 341 g/mol. The summed E-state index contributed by atoms with van der Waals surface area (Å²) < 4.78 is 39.3. The predicted molar refractivity (Wildman–Crippen MR) is 69.5 cm³/mol. The fourth-order valence-corrected chi connectivity index (χ4v) is 2.60. The maximum atomic E-state index is 13.0. The Morgan fingerprint density at radius 1 is 1.50 bits per heavy atom. The van der Waals surface area contributed by atoms with Crippen LogP contribution >= 0.6 is 15.9 Å². The Morgan fingerprint density at radius 3 is 2.80 bits per heavy atom. The van der Waals surface area contributed by atoms with E-state index in [1.54, 1.807) is 0 Å². The second-order valence-electron chi connectivity index (χ2n) is 4.65. The number of halogens is 4. The first-order valence-corrected chi connectivity index (χ1v) is 6.79. The van der Waals surface area contributed by atoms with E-state index in [1.807, 2.05) is 0 Å². The van der Waals surface area contributed by atoms with Crippen LogP contribution in [0.2, 0.25) is 0 Å². The average molecular weight is 353 g/mol. The number of carboxylic acids is 1. The standard InChI is InChI=1S/C12H12BrF3N2O2/c13-8-4-9(12(14,15)16)10(17-5-8)18-3-1-2-7(6-18)11(19)20/h4-5,7H,1-3,6H2,(H,19,20). The van der Waals surface area contributed by atoms with Gasteiger partial charge in [0.15, 0.2) is 0 Å². The second kappa shape index (κ2) is 5.59. The highest BCUT2D eigenvalue weighted by atomic mass is 79.9. The summed E-state index contributed by atoms with van der Waals surface area (Å²) in [4.78, 5) is 16.2. The quantitative estimate of drug-likeness (QED) is 0.888. The number of nitrogens with zero attached hydrogens (tertiary/aromatic N) is 2. The summed E-state index contributed by atoms with van der Waals surface area (Å²) in [6.07, 6.45) is -2.23. The van der Waals surface area contributed by atoms with Gasteiger partial charge >= 0.3 is 12.1 Å². The molecule has 0 aromatic carbocycles. The van der Waals surface area contributed by atoms with E-state index in [9.17, 15) is 18.0 Å². The van der Waals surface area contributed by atoms with Crippen molar-refractivity contribution in [3.8, 4) is 0 Å². The van der Waals surface area contributed by atoms with Gasteiger partial charge < -0.3 is 10.0 Å². The lowest BCUT2D eigenvalue weighted by Gasteiger charge is -2.33. The fraction of sp³-hybridized carbons (Fsp3) is 0.500. The summed E-state index contributed by atoms with van der Waals surface area (Å²) in [5, 5.41) is 9.00. The Hall–Kier alpha value is -1.31. The van der Waals surface area contributed by atoms with Gasteiger partial charge in [0.2, 0.25) is 0 Å². The smallest absolute Gasteiger partial charge is 0.419 e. The van der Waals surface area contributed by atoms with Crippen LogP contribution in [0, 0.1) is 5.92 Å². The number of pyridine rings is 1. The molecule has 1 atom stereocenters. The van der Waals surface area contributed by atoms with Gasteiger partial charge in [-0.25, -0.2) is 4.98 Å². The van der Waals surface area contributed by atoms with Crippen molar-refractivity contribution < 1.29 is 23.1 Å². The largest absolute Gasteiger partial charge is 0.481 e. The van der Waals surface area contributed by atoms with Crippen molar-refractivity contribution in [1.82, 2.24) is 4.98 Å². The third-order valence-corrected chi connectivity index (χ3v) is 3.64. The number of carbonyl (C=O) groups is 1. The molecule has 1 aromatic rings. The first-order valence-electron chi connectivity index (χ1n) is 5.99. The van der Waals surface area contributed by atoms with Crippen LogP contribution in [0.3, 0.4) is 0 Å². The van der Waals surface area contributed by atoms with Crippen molar-refractivity contribution in [2.24, 2.45) is 5.92 Å². The molecule has 4 nitrogen and oxygen atoms in total. The average Bonchev–Trinajstić information content (AvgIpc) is 2.37. The zero-order valence-corrected chi connectivity index (χ0v) is 11.9. The minimum atomic E-state index is -4.53. The zero-order valence-electron chi connectivity index (χ0n) is 10.3. The van der Waals surface area contributed by atoms with Crippen LogP contribution in [0.1, 0.15) is 18.4 Å². The summed E-state index contributed by atoms with van der Waals surface area (Å²) >= 11 is 2.97. The predicted octanol–water partition coefficient (Wildman–Crippen LogP) is 3.16. The summed E-state index contributed by atoms with van der Waals surface area (Å²) in [6.45, 7) is 0.425. The van der Waals surface area contributed by atoms with Gasteiger partial charge in [-0.1, -0.05) is 0 Å². The molecule has 0 saturated carbocycles. The normalized spacial score (nSPS) is 20.0. The molecule has 1 aliphatic heterocycles. The van der Waals surface area contributed by atoms with Crippen LogP contribution < -0.4 is 4.90 Å². The lowest BCUT2D eigenvalue weighted by molar-refractivity contribution is -0.141. The SMILES string of the molecule is O=C(O)C1CCCN(c2ncc(Br)cc2C(F)(F)F)C1. The Morgan fingerprint density at radius 2 is 2.20 bits per heavy atom. The van der Waals surface area contributed by atoms with Crippen LogP contribution in [0.25, 0.3) is 0 Å². The van der Waals surface area contributed by atoms with Crippen molar-refractivity contribution in [1.29, 1.82) is 0 Å². The molecule has 0 amide bonds. The Labute approximate surface area is 121 Å². The summed E-state index contributed by atoms with van der Waals surface area (Å²) in [6, 6.07) is 0.965. The molecule has 1 saturated heterocycles. The van der Waals surface area contributed by atoms with E-state index in [0.29, 0.717) is 19.4 Å². The van der Waals surface area contributed by atoms with Crippen LogP contribution in [-0.2, 0) is 11.0 Å². The van der Waals surface area contributed by atoms with Gasteiger partial charge in [-0.3, -0.25) is 4.79 Å². The van der Waals surface area contributed by atoms with E-state index >= 15 is 0 Å². The molecule has 2 heterocycles. The first-order chi connectivity index (χ1) is 9.29. The highest BCUT2D eigenvalue weighted by Gasteiger charge is 2.37. The lowest BCUT2D eigenvalue weighted by Crippen LogP contribution is -2.40. The molecule has 110 valence electrons. The molecule has 1 unspecified atom stereocenters. The lowest BCUT2D eigenvalue weighted by atomic mass is 9.98. The van der Waals surface area contributed by atoms with Gasteiger partial charge in [0.05, 0.1) is 11.5 Å². The molecule has 0 radical (unpaired) electrons. The number of carboxylic acid groups (broad SMARTS) is 1. The van der Waals surface area contributed by atoms with Gasteiger partial charge in [-0.15, -0.1) is 0 Å². The molecule has 0 spiro atoms. The number of hydrogen-bond acceptors (Lipinski definition) is 3. The third kappa shape index (κ3) is 3.23. The Balaban J connectivity index is 2.35. The number of piperidine rings is 1. The monoisotopic (exact) mass is 352 g/mol. The number of aliphatic carboxylic acids is 1. The first kappa shape index (κ1) is 15.1. The highest BCUT2D eigenvalue weighted by molar-refractivity contribution is 9.10. The summed E-state index contributed by atoms with van der Waals surface area (Å²) in [7, 11) is 0. The van der Waals surface area contributed by atoms with Crippen molar-refractivity contribution in [2.75, 3.05) is 18.0 Å². The van der Waals surface area contributed by atoms with Crippen molar-refractivity contribution >= 4 is 27.7 Å². The van der Waals surface area contributed by atoms with Crippen molar-refractivity contribution in [2.45, 2.75) is 19.0 Å². The van der Waals surface area contributed by atoms with E-state index in [1.165, 1.54) is 11.1 Å². The van der Waals surface area contributed by atoms with Crippen LogP contribution in [0.15, 0.2) is 16.7 Å². The van der Waals surface area contributed by atoms with E-state index in [-0.39, 0.29) is 16.8 Å². The van der Waals surface area contributed by atoms with Gasteiger partial charge in [-0.2, -0.15) is 13.2 Å². The molecule has 1 aliphatic rings. The van der Waals surface area contributed by atoms with E-state index in [0.717, 1.165) is 6.07 Å². The minimum Gasteiger partial charge on any atom is -0.481 e. The maximum absolute atomic E-state index is 13.0. The van der Waals surface area contributed by atoms with Crippen molar-refractivity contribution in [3.05, 3.63) is 22.3 Å². The summed E-state index contributed by atoms with van der Waals surface area (Å²) in [5.74, 6) is -1.85. The fourth-order valence-electron chi connectivity index (χ4n) is 2.26.